The maximum Gasteiger partial charge on any atom is 0.238 e. The van der Waals surface area contributed by atoms with Crippen molar-refractivity contribution in [1.82, 2.24) is 4.90 Å². The molecule has 4 heteroatoms. The SMILES string of the molecule is Cc1cc(C)cc(NC(=O)CN(C)Cc2ccc(Br)cc2)c1. The summed E-state index contributed by atoms with van der Waals surface area (Å²) in [5, 5.41) is 2.96. The highest BCUT2D eigenvalue weighted by atomic mass is 79.9. The van der Waals surface area contributed by atoms with Gasteiger partial charge in [-0.05, 0) is 61.9 Å². The van der Waals surface area contributed by atoms with Crippen LogP contribution in [0, 0.1) is 13.8 Å². The van der Waals surface area contributed by atoms with Crippen molar-refractivity contribution in [3.63, 3.8) is 0 Å². The van der Waals surface area contributed by atoms with E-state index in [1.165, 1.54) is 5.56 Å². The Morgan fingerprint density at radius 1 is 1.09 bits per heavy atom. The number of hydrogen-bond acceptors (Lipinski definition) is 2. The molecule has 0 aliphatic rings. The van der Waals surface area contributed by atoms with Gasteiger partial charge in [0.25, 0.3) is 0 Å². The van der Waals surface area contributed by atoms with Crippen molar-refractivity contribution in [3.8, 4) is 0 Å². The predicted octanol–water partition coefficient (Wildman–Crippen LogP) is 4.14. The van der Waals surface area contributed by atoms with Gasteiger partial charge in [-0.2, -0.15) is 0 Å². The van der Waals surface area contributed by atoms with E-state index in [1.54, 1.807) is 0 Å². The van der Waals surface area contributed by atoms with Crippen molar-refractivity contribution in [1.29, 1.82) is 0 Å². The molecule has 0 atom stereocenters. The molecule has 0 saturated heterocycles. The van der Waals surface area contributed by atoms with Crippen molar-refractivity contribution in [2.24, 2.45) is 0 Å². The molecule has 0 fully saturated rings. The van der Waals surface area contributed by atoms with Gasteiger partial charge in [-0.1, -0.05) is 34.1 Å². The molecule has 0 heterocycles. The van der Waals surface area contributed by atoms with E-state index in [2.05, 4.69) is 39.4 Å². The molecule has 22 heavy (non-hydrogen) atoms. The quantitative estimate of drug-likeness (QED) is 0.868. The summed E-state index contributed by atoms with van der Waals surface area (Å²) < 4.78 is 1.06. The first kappa shape index (κ1) is 16.7. The van der Waals surface area contributed by atoms with Gasteiger partial charge in [-0.3, -0.25) is 9.69 Å². The number of rotatable bonds is 5. The van der Waals surface area contributed by atoms with Gasteiger partial charge in [0.05, 0.1) is 6.54 Å². The molecule has 2 rings (SSSR count). The fourth-order valence-electron chi connectivity index (χ4n) is 2.45. The van der Waals surface area contributed by atoms with E-state index in [9.17, 15) is 4.79 Å². The van der Waals surface area contributed by atoms with E-state index < -0.39 is 0 Å². The lowest BCUT2D eigenvalue weighted by Crippen LogP contribution is -2.29. The minimum Gasteiger partial charge on any atom is -0.325 e. The highest BCUT2D eigenvalue weighted by molar-refractivity contribution is 9.10. The van der Waals surface area contributed by atoms with Crippen LogP contribution < -0.4 is 5.32 Å². The van der Waals surface area contributed by atoms with E-state index in [0.717, 1.165) is 27.8 Å². The monoisotopic (exact) mass is 360 g/mol. The number of nitrogens with one attached hydrogen (secondary N) is 1. The Morgan fingerprint density at radius 3 is 2.27 bits per heavy atom. The molecule has 0 spiro atoms. The zero-order valence-electron chi connectivity index (χ0n) is 13.2. The lowest BCUT2D eigenvalue weighted by atomic mass is 10.1. The molecule has 0 saturated carbocycles. The lowest BCUT2D eigenvalue weighted by Gasteiger charge is -2.16. The number of nitrogens with zero attached hydrogens (tertiary/aromatic N) is 1. The normalized spacial score (nSPS) is 10.8. The molecular weight excluding hydrogens is 340 g/mol. The maximum absolute atomic E-state index is 12.1. The number of halogens is 1. The third kappa shape index (κ3) is 5.28. The molecule has 0 bridgehead atoms. The van der Waals surface area contributed by atoms with E-state index in [1.807, 2.05) is 50.1 Å². The van der Waals surface area contributed by atoms with Gasteiger partial charge in [-0.25, -0.2) is 0 Å². The molecule has 2 aromatic rings. The van der Waals surface area contributed by atoms with Gasteiger partial charge in [0.15, 0.2) is 0 Å². The van der Waals surface area contributed by atoms with E-state index in [-0.39, 0.29) is 5.91 Å². The molecule has 1 N–H and O–H groups in total. The number of anilines is 1. The number of hydrogen-bond donors (Lipinski definition) is 1. The average Bonchev–Trinajstić information content (AvgIpc) is 2.39. The molecule has 0 aliphatic heterocycles. The largest absolute Gasteiger partial charge is 0.325 e. The van der Waals surface area contributed by atoms with Gasteiger partial charge in [-0.15, -0.1) is 0 Å². The molecule has 116 valence electrons. The Bertz CT molecular complexity index is 632. The summed E-state index contributed by atoms with van der Waals surface area (Å²) in [5.74, 6) is 0.00427. The zero-order chi connectivity index (χ0) is 16.1. The number of likely N-dealkylation sites (N-methyl/N-ethyl adjacent to an activating group) is 1. The van der Waals surface area contributed by atoms with Crippen molar-refractivity contribution in [2.45, 2.75) is 20.4 Å². The van der Waals surface area contributed by atoms with Crippen LogP contribution in [0.2, 0.25) is 0 Å². The topological polar surface area (TPSA) is 32.3 Å². The van der Waals surface area contributed by atoms with Crippen LogP contribution >= 0.6 is 15.9 Å². The van der Waals surface area contributed by atoms with Crippen LogP contribution in [0.3, 0.4) is 0 Å². The van der Waals surface area contributed by atoms with Gasteiger partial charge >= 0.3 is 0 Å². The first-order chi connectivity index (χ1) is 10.4. The summed E-state index contributed by atoms with van der Waals surface area (Å²) in [5.41, 5.74) is 4.35. The summed E-state index contributed by atoms with van der Waals surface area (Å²) in [4.78, 5) is 14.1. The molecule has 0 aromatic heterocycles. The summed E-state index contributed by atoms with van der Waals surface area (Å²) in [6.45, 7) is 5.17. The van der Waals surface area contributed by atoms with E-state index in [4.69, 9.17) is 0 Å². The lowest BCUT2D eigenvalue weighted by molar-refractivity contribution is -0.117. The van der Waals surface area contributed by atoms with Crippen molar-refractivity contribution >= 4 is 27.5 Å². The highest BCUT2D eigenvalue weighted by Gasteiger charge is 2.08. The summed E-state index contributed by atoms with van der Waals surface area (Å²) in [7, 11) is 1.95. The fraction of sp³-hybridized carbons (Fsp3) is 0.278. The van der Waals surface area contributed by atoms with Crippen molar-refractivity contribution in [3.05, 3.63) is 63.6 Å². The second-order valence-corrected chi connectivity index (χ2v) is 6.64. The Labute approximate surface area is 140 Å². The van der Waals surface area contributed by atoms with Crippen LogP contribution in [-0.2, 0) is 11.3 Å². The number of carbonyl (C=O) groups is 1. The standard InChI is InChI=1S/C18H21BrN2O/c1-13-8-14(2)10-17(9-13)20-18(22)12-21(3)11-15-4-6-16(19)7-5-15/h4-10H,11-12H2,1-3H3,(H,20,22). The minimum absolute atomic E-state index is 0.00427. The molecule has 3 nitrogen and oxygen atoms in total. The Balaban J connectivity index is 1.89. The molecular formula is C18H21BrN2O. The van der Waals surface area contributed by atoms with Crippen LogP contribution in [0.4, 0.5) is 5.69 Å². The number of carbonyl (C=O) groups excluding carboxylic acids is 1. The molecule has 1 amide bonds. The van der Waals surface area contributed by atoms with E-state index >= 15 is 0 Å². The van der Waals surface area contributed by atoms with Gasteiger partial charge in [0, 0.05) is 16.7 Å². The molecule has 0 aliphatic carbocycles. The highest BCUT2D eigenvalue weighted by Crippen LogP contribution is 2.14. The summed E-state index contributed by atoms with van der Waals surface area (Å²) in [6.07, 6.45) is 0. The minimum atomic E-state index is 0.00427. The third-order valence-corrected chi connectivity index (χ3v) is 3.81. The van der Waals surface area contributed by atoms with Crippen LogP contribution in [0.15, 0.2) is 46.9 Å². The van der Waals surface area contributed by atoms with Crippen molar-refractivity contribution in [2.75, 3.05) is 18.9 Å². The maximum atomic E-state index is 12.1. The van der Waals surface area contributed by atoms with Crippen LogP contribution in [0.25, 0.3) is 0 Å². The van der Waals surface area contributed by atoms with Gasteiger partial charge in [0.2, 0.25) is 5.91 Å². The number of aryl methyl sites for hydroxylation is 2. The van der Waals surface area contributed by atoms with Gasteiger partial charge < -0.3 is 5.32 Å². The summed E-state index contributed by atoms with van der Waals surface area (Å²) in [6, 6.07) is 14.2. The van der Waals surface area contributed by atoms with Crippen molar-refractivity contribution < 1.29 is 4.79 Å². The first-order valence-corrected chi connectivity index (χ1v) is 8.03. The number of amides is 1. The van der Waals surface area contributed by atoms with Crippen LogP contribution in [0.1, 0.15) is 16.7 Å². The Kier molecular flexibility index (Phi) is 5.75. The first-order valence-electron chi connectivity index (χ1n) is 7.23. The summed E-state index contributed by atoms with van der Waals surface area (Å²) >= 11 is 3.42. The fourth-order valence-corrected chi connectivity index (χ4v) is 2.71. The molecule has 0 unspecified atom stereocenters. The third-order valence-electron chi connectivity index (χ3n) is 3.28. The smallest absolute Gasteiger partial charge is 0.238 e. The second-order valence-electron chi connectivity index (χ2n) is 5.72. The molecule has 2 aromatic carbocycles. The second kappa shape index (κ2) is 7.56. The molecule has 0 radical (unpaired) electrons. The Morgan fingerprint density at radius 2 is 1.68 bits per heavy atom. The predicted molar refractivity (Wildman–Crippen MR) is 95.0 cm³/mol. The van der Waals surface area contributed by atoms with Crippen LogP contribution in [0.5, 0.6) is 0 Å². The average molecular weight is 361 g/mol. The van der Waals surface area contributed by atoms with Gasteiger partial charge in [0.1, 0.15) is 0 Å². The van der Waals surface area contributed by atoms with E-state index in [0.29, 0.717) is 6.54 Å². The zero-order valence-corrected chi connectivity index (χ0v) is 14.8. The van der Waals surface area contributed by atoms with Crippen LogP contribution in [-0.4, -0.2) is 24.4 Å². The number of benzene rings is 2. The Hall–Kier alpha value is -1.65.